The second-order valence-corrected chi connectivity index (χ2v) is 4.56. The van der Waals surface area contributed by atoms with E-state index in [0.29, 0.717) is 5.02 Å². The predicted octanol–water partition coefficient (Wildman–Crippen LogP) is 4.68. The lowest BCUT2D eigenvalue weighted by Crippen LogP contribution is -1.93. The first kappa shape index (κ1) is 12.3. The van der Waals surface area contributed by atoms with Crippen molar-refractivity contribution in [1.29, 1.82) is 0 Å². The van der Waals surface area contributed by atoms with E-state index in [9.17, 15) is 0 Å². The average Bonchev–Trinajstić information content (AvgIpc) is 2.38. The number of alkyl halides is 1. The van der Waals surface area contributed by atoms with Gasteiger partial charge in [-0.2, -0.15) is 0 Å². The van der Waals surface area contributed by atoms with E-state index < -0.39 is 0 Å². The Balaban J connectivity index is 2.27. The molecule has 0 saturated carbocycles. The summed E-state index contributed by atoms with van der Waals surface area (Å²) in [6.45, 7) is 0. The van der Waals surface area contributed by atoms with Gasteiger partial charge in [0.05, 0.1) is 12.5 Å². The molecule has 0 N–H and O–H groups in total. The quantitative estimate of drug-likeness (QED) is 0.734. The van der Waals surface area contributed by atoms with Crippen LogP contribution < -0.4 is 4.74 Å². The lowest BCUT2D eigenvalue weighted by atomic mass is 10.0. The van der Waals surface area contributed by atoms with E-state index in [-0.39, 0.29) is 5.38 Å². The number of rotatable bonds is 3. The van der Waals surface area contributed by atoms with Crippen molar-refractivity contribution in [3.63, 3.8) is 0 Å². The molecule has 0 heterocycles. The molecule has 0 aliphatic heterocycles. The van der Waals surface area contributed by atoms with Crippen molar-refractivity contribution in [2.75, 3.05) is 7.11 Å². The summed E-state index contributed by atoms with van der Waals surface area (Å²) in [4.78, 5) is 0. The minimum atomic E-state index is -0.195. The molecule has 0 amide bonds. The molecule has 2 aromatic rings. The maximum atomic E-state index is 6.40. The van der Waals surface area contributed by atoms with Gasteiger partial charge >= 0.3 is 0 Å². The lowest BCUT2D eigenvalue weighted by Gasteiger charge is -2.11. The minimum Gasteiger partial charge on any atom is -0.497 e. The van der Waals surface area contributed by atoms with E-state index in [1.54, 1.807) is 7.11 Å². The van der Waals surface area contributed by atoms with E-state index in [2.05, 4.69) is 0 Å². The molecule has 3 heteroatoms. The molecule has 0 aliphatic carbocycles. The first-order valence-electron chi connectivity index (χ1n) is 5.24. The standard InChI is InChI=1S/C14H12Cl2O/c1-17-13-7-5-10(6-8-13)14(16)11-3-2-4-12(15)9-11/h2-9,14H,1H3. The highest BCUT2D eigenvalue weighted by Crippen LogP contribution is 2.30. The van der Waals surface area contributed by atoms with Gasteiger partial charge in [-0.25, -0.2) is 0 Å². The van der Waals surface area contributed by atoms with E-state index in [0.717, 1.165) is 16.9 Å². The van der Waals surface area contributed by atoms with Crippen LogP contribution in [0.3, 0.4) is 0 Å². The number of methoxy groups -OCH3 is 1. The summed E-state index contributed by atoms with van der Waals surface area (Å²) in [6.07, 6.45) is 0. The fraction of sp³-hybridized carbons (Fsp3) is 0.143. The molecule has 17 heavy (non-hydrogen) atoms. The molecule has 1 atom stereocenters. The van der Waals surface area contributed by atoms with Crippen molar-refractivity contribution in [2.24, 2.45) is 0 Å². The van der Waals surface area contributed by atoms with Crippen LogP contribution in [0.4, 0.5) is 0 Å². The van der Waals surface area contributed by atoms with Gasteiger partial charge in [-0.15, -0.1) is 11.6 Å². The second kappa shape index (κ2) is 5.44. The first-order chi connectivity index (χ1) is 8.20. The maximum absolute atomic E-state index is 6.40. The molecule has 1 nitrogen and oxygen atoms in total. The van der Waals surface area contributed by atoms with Crippen LogP contribution >= 0.6 is 23.2 Å². The van der Waals surface area contributed by atoms with Crippen LogP contribution in [0.25, 0.3) is 0 Å². The van der Waals surface area contributed by atoms with Crippen LogP contribution in [0.1, 0.15) is 16.5 Å². The Hall–Kier alpha value is -1.18. The summed E-state index contributed by atoms with van der Waals surface area (Å²) in [6, 6.07) is 15.3. The van der Waals surface area contributed by atoms with E-state index >= 15 is 0 Å². The van der Waals surface area contributed by atoms with Gasteiger partial charge in [0.1, 0.15) is 5.75 Å². The van der Waals surface area contributed by atoms with Crippen molar-refractivity contribution >= 4 is 23.2 Å². The highest BCUT2D eigenvalue weighted by molar-refractivity contribution is 6.30. The molecule has 0 aliphatic rings. The van der Waals surface area contributed by atoms with Crippen LogP contribution in [0, 0.1) is 0 Å². The Morgan fingerprint density at radius 2 is 1.71 bits per heavy atom. The van der Waals surface area contributed by atoms with Gasteiger partial charge in [-0.05, 0) is 35.4 Å². The average molecular weight is 267 g/mol. The summed E-state index contributed by atoms with van der Waals surface area (Å²) in [5.41, 5.74) is 2.01. The highest BCUT2D eigenvalue weighted by atomic mass is 35.5. The third-order valence-corrected chi connectivity index (χ3v) is 3.29. The molecule has 2 rings (SSSR count). The molecule has 0 saturated heterocycles. The maximum Gasteiger partial charge on any atom is 0.118 e. The second-order valence-electron chi connectivity index (χ2n) is 3.69. The molecule has 0 bridgehead atoms. The molecule has 0 aromatic heterocycles. The van der Waals surface area contributed by atoms with Gasteiger partial charge in [0.15, 0.2) is 0 Å². The molecule has 88 valence electrons. The molecule has 1 unspecified atom stereocenters. The van der Waals surface area contributed by atoms with Crippen LogP contribution in [0.15, 0.2) is 48.5 Å². The first-order valence-corrected chi connectivity index (χ1v) is 6.05. The Bertz CT molecular complexity index is 494. The Kier molecular flexibility index (Phi) is 3.93. The summed E-state index contributed by atoms with van der Waals surface area (Å²) < 4.78 is 5.11. The van der Waals surface area contributed by atoms with E-state index in [1.165, 1.54) is 0 Å². The fourth-order valence-electron chi connectivity index (χ4n) is 1.63. The number of hydrogen-bond acceptors (Lipinski definition) is 1. The molecule has 2 aromatic carbocycles. The summed E-state index contributed by atoms with van der Waals surface area (Å²) in [7, 11) is 1.64. The summed E-state index contributed by atoms with van der Waals surface area (Å²) in [5, 5.41) is 0.501. The third-order valence-electron chi connectivity index (χ3n) is 2.55. The highest BCUT2D eigenvalue weighted by Gasteiger charge is 2.10. The zero-order valence-corrected chi connectivity index (χ0v) is 10.9. The largest absolute Gasteiger partial charge is 0.497 e. The smallest absolute Gasteiger partial charge is 0.118 e. The van der Waals surface area contributed by atoms with Gasteiger partial charge in [0, 0.05) is 5.02 Å². The third kappa shape index (κ3) is 2.93. The van der Waals surface area contributed by atoms with Crippen LogP contribution in [0.5, 0.6) is 5.75 Å². The SMILES string of the molecule is COc1ccc(C(Cl)c2cccc(Cl)c2)cc1. The van der Waals surface area contributed by atoms with Crippen molar-refractivity contribution in [3.05, 3.63) is 64.7 Å². The van der Waals surface area contributed by atoms with Gasteiger partial charge in [-0.1, -0.05) is 35.9 Å². The minimum absolute atomic E-state index is 0.195. The van der Waals surface area contributed by atoms with Crippen LogP contribution in [-0.2, 0) is 0 Å². The normalized spacial score (nSPS) is 12.2. The van der Waals surface area contributed by atoms with Crippen molar-refractivity contribution in [3.8, 4) is 5.75 Å². The monoisotopic (exact) mass is 266 g/mol. The zero-order chi connectivity index (χ0) is 12.3. The number of hydrogen-bond donors (Lipinski definition) is 0. The number of halogens is 2. The zero-order valence-electron chi connectivity index (χ0n) is 9.36. The van der Waals surface area contributed by atoms with E-state index in [1.807, 2.05) is 48.5 Å². The van der Waals surface area contributed by atoms with Crippen LogP contribution in [-0.4, -0.2) is 7.11 Å². The predicted molar refractivity (Wildman–Crippen MR) is 72.1 cm³/mol. The number of benzene rings is 2. The number of ether oxygens (including phenoxy) is 1. The fourth-order valence-corrected chi connectivity index (χ4v) is 2.11. The van der Waals surface area contributed by atoms with Crippen molar-refractivity contribution in [1.82, 2.24) is 0 Å². The summed E-state index contributed by atoms with van der Waals surface area (Å²) >= 11 is 12.3. The van der Waals surface area contributed by atoms with Crippen molar-refractivity contribution < 1.29 is 4.74 Å². The van der Waals surface area contributed by atoms with Crippen LogP contribution in [0.2, 0.25) is 5.02 Å². The molecular weight excluding hydrogens is 255 g/mol. The van der Waals surface area contributed by atoms with Gasteiger partial charge in [-0.3, -0.25) is 0 Å². The van der Waals surface area contributed by atoms with Gasteiger partial charge in [0.25, 0.3) is 0 Å². The Labute approximate surface area is 111 Å². The molecule has 0 spiro atoms. The van der Waals surface area contributed by atoms with E-state index in [4.69, 9.17) is 27.9 Å². The van der Waals surface area contributed by atoms with Gasteiger partial charge in [0.2, 0.25) is 0 Å². The van der Waals surface area contributed by atoms with Gasteiger partial charge < -0.3 is 4.74 Å². The molecular formula is C14H12Cl2O. The van der Waals surface area contributed by atoms with Crippen molar-refractivity contribution in [2.45, 2.75) is 5.38 Å². The summed E-state index contributed by atoms with van der Waals surface area (Å²) in [5.74, 6) is 0.823. The molecule has 0 radical (unpaired) electrons. The Morgan fingerprint density at radius 1 is 1.00 bits per heavy atom. The lowest BCUT2D eigenvalue weighted by molar-refractivity contribution is 0.414. The Morgan fingerprint density at radius 3 is 2.29 bits per heavy atom. The molecule has 0 fully saturated rings. The topological polar surface area (TPSA) is 9.23 Å².